The topological polar surface area (TPSA) is 109 Å². The van der Waals surface area contributed by atoms with Crippen LogP contribution in [0.1, 0.15) is 34.7 Å². The van der Waals surface area contributed by atoms with E-state index in [-0.39, 0.29) is 17.6 Å². The van der Waals surface area contributed by atoms with Crippen molar-refractivity contribution in [2.75, 3.05) is 0 Å². The quantitative estimate of drug-likeness (QED) is 0.337. The molecule has 3 N–H and O–H groups in total. The lowest BCUT2D eigenvalue weighted by Gasteiger charge is -2.14. The van der Waals surface area contributed by atoms with Crippen LogP contribution in [0.25, 0.3) is 10.8 Å². The summed E-state index contributed by atoms with van der Waals surface area (Å²) in [7, 11) is 0. The molecule has 0 bridgehead atoms. The third-order valence-corrected chi connectivity index (χ3v) is 6.02. The number of hydrogen-bond acceptors (Lipinski definition) is 6. The minimum atomic E-state index is -0.478. The standard InChI is InChI=1S/C23H21N5O3/c29-23(27-24-13-16-4-1-2-7-21(16)28(30)31)20-12-19(25-26-20)17-11-10-15-9-8-14-5-3-6-18(17)22(14)15/h1-7,10-11,13,19-20,25-26H,8-9,12H2,(H,27,29)/b24-13+. The Morgan fingerprint density at radius 1 is 1.06 bits per heavy atom. The summed E-state index contributed by atoms with van der Waals surface area (Å²) in [6.45, 7) is 0. The summed E-state index contributed by atoms with van der Waals surface area (Å²) in [5, 5.41) is 17.6. The van der Waals surface area contributed by atoms with Gasteiger partial charge in [-0.1, -0.05) is 42.5 Å². The molecule has 0 spiro atoms. The van der Waals surface area contributed by atoms with E-state index in [2.05, 4.69) is 51.7 Å². The number of hydrazine groups is 1. The van der Waals surface area contributed by atoms with Crippen molar-refractivity contribution in [1.82, 2.24) is 16.3 Å². The van der Waals surface area contributed by atoms with Crippen molar-refractivity contribution >= 4 is 28.6 Å². The summed E-state index contributed by atoms with van der Waals surface area (Å²) >= 11 is 0. The lowest BCUT2D eigenvalue weighted by atomic mass is 9.93. The summed E-state index contributed by atoms with van der Waals surface area (Å²) in [6.07, 6.45) is 4.02. The number of carbonyl (C=O) groups excluding carboxylic acids is 1. The number of nitro groups is 1. The molecule has 8 nitrogen and oxygen atoms in total. The Kier molecular flexibility index (Phi) is 4.93. The van der Waals surface area contributed by atoms with Gasteiger partial charge in [-0.2, -0.15) is 5.10 Å². The molecule has 0 aromatic heterocycles. The molecule has 2 atom stereocenters. The Labute approximate surface area is 178 Å². The van der Waals surface area contributed by atoms with E-state index >= 15 is 0 Å². The molecule has 1 heterocycles. The minimum Gasteiger partial charge on any atom is -0.271 e. The summed E-state index contributed by atoms with van der Waals surface area (Å²) in [4.78, 5) is 23.2. The zero-order chi connectivity index (χ0) is 21.4. The number of hydrazone groups is 1. The summed E-state index contributed by atoms with van der Waals surface area (Å²) in [5.41, 5.74) is 13.0. The Morgan fingerprint density at radius 3 is 2.71 bits per heavy atom. The van der Waals surface area contributed by atoms with Gasteiger partial charge in [-0.15, -0.1) is 0 Å². The van der Waals surface area contributed by atoms with E-state index in [9.17, 15) is 14.9 Å². The van der Waals surface area contributed by atoms with Crippen LogP contribution < -0.4 is 16.3 Å². The zero-order valence-corrected chi connectivity index (χ0v) is 16.7. The Balaban J connectivity index is 1.28. The molecule has 3 aromatic carbocycles. The molecular weight excluding hydrogens is 394 g/mol. The first kappa shape index (κ1) is 19.3. The monoisotopic (exact) mass is 415 g/mol. The maximum absolute atomic E-state index is 12.6. The van der Waals surface area contributed by atoms with Gasteiger partial charge in [-0.25, -0.2) is 16.3 Å². The van der Waals surface area contributed by atoms with Crippen molar-refractivity contribution in [3.05, 3.63) is 87.0 Å². The number of nitrogens with one attached hydrogen (secondary N) is 3. The summed E-state index contributed by atoms with van der Waals surface area (Å²) < 4.78 is 0. The van der Waals surface area contributed by atoms with E-state index < -0.39 is 11.0 Å². The van der Waals surface area contributed by atoms with E-state index in [1.807, 2.05) is 0 Å². The fourth-order valence-corrected chi connectivity index (χ4v) is 4.51. The van der Waals surface area contributed by atoms with Crippen LogP contribution in [0.3, 0.4) is 0 Å². The fraction of sp³-hybridized carbons (Fsp3) is 0.217. The highest BCUT2D eigenvalue weighted by molar-refractivity contribution is 5.94. The lowest BCUT2D eigenvalue weighted by molar-refractivity contribution is -0.385. The molecule has 8 heteroatoms. The zero-order valence-electron chi connectivity index (χ0n) is 16.7. The SMILES string of the molecule is O=C(N/N=C/c1ccccc1[N+](=O)[O-])C1CC(c2ccc3c4c(cccc24)CC3)NN1. The second kappa shape index (κ2) is 7.90. The lowest BCUT2D eigenvalue weighted by Crippen LogP contribution is -2.41. The van der Waals surface area contributed by atoms with Gasteiger partial charge >= 0.3 is 0 Å². The van der Waals surface area contributed by atoms with E-state index in [0.717, 1.165) is 12.8 Å². The second-order valence-corrected chi connectivity index (χ2v) is 7.83. The van der Waals surface area contributed by atoms with Gasteiger partial charge in [-0.3, -0.25) is 14.9 Å². The number of aryl methyl sites for hydroxylation is 2. The third kappa shape index (κ3) is 3.56. The molecule has 5 rings (SSSR count). The normalized spacial score (nSPS) is 19.9. The number of amides is 1. The average Bonchev–Trinajstić information content (AvgIpc) is 3.43. The van der Waals surface area contributed by atoms with Crippen molar-refractivity contribution in [2.45, 2.75) is 31.3 Å². The Morgan fingerprint density at radius 2 is 1.87 bits per heavy atom. The second-order valence-electron chi connectivity index (χ2n) is 7.83. The van der Waals surface area contributed by atoms with Crippen molar-refractivity contribution in [2.24, 2.45) is 5.10 Å². The maximum Gasteiger partial charge on any atom is 0.278 e. The maximum atomic E-state index is 12.6. The Bertz CT molecular complexity index is 1210. The van der Waals surface area contributed by atoms with Crippen LogP contribution in [0.2, 0.25) is 0 Å². The van der Waals surface area contributed by atoms with Crippen LogP contribution in [0, 0.1) is 10.1 Å². The Hall–Kier alpha value is -3.62. The number of rotatable bonds is 5. The molecule has 1 aliphatic carbocycles. The van der Waals surface area contributed by atoms with E-state index in [4.69, 9.17) is 0 Å². The fourth-order valence-electron chi connectivity index (χ4n) is 4.51. The van der Waals surface area contributed by atoms with Gasteiger partial charge in [0.05, 0.1) is 16.7 Å². The molecule has 1 saturated heterocycles. The van der Waals surface area contributed by atoms with Crippen LogP contribution >= 0.6 is 0 Å². The molecule has 3 aromatic rings. The average molecular weight is 415 g/mol. The van der Waals surface area contributed by atoms with Gasteiger partial charge in [-0.05, 0) is 52.8 Å². The van der Waals surface area contributed by atoms with Gasteiger partial charge in [0.2, 0.25) is 0 Å². The summed E-state index contributed by atoms with van der Waals surface area (Å²) in [5.74, 6) is -0.296. The van der Waals surface area contributed by atoms with Gasteiger partial charge in [0.1, 0.15) is 6.04 Å². The summed E-state index contributed by atoms with van der Waals surface area (Å²) in [6, 6.07) is 16.6. The van der Waals surface area contributed by atoms with E-state index in [1.165, 1.54) is 39.7 Å². The molecule has 1 fully saturated rings. The van der Waals surface area contributed by atoms with Crippen molar-refractivity contribution < 1.29 is 9.72 Å². The number of benzene rings is 3. The molecule has 2 unspecified atom stereocenters. The van der Waals surface area contributed by atoms with Gasteiger partial charge in [0.25, 0.3) is 11.6 Å². The molecule has 2 aliphatic rings. The molecule has 0 radical (unpaired) electrons. The minimum absolute atomic E-state index is 0.000148. The largest absolute Gasteiger partial charge is 0.278 e. The first-order valence-corrected chi connectivity index (χ1v) is 10.2. The van der Waals surface area contributed by atoms with Crippen LogP contribution in [-0.4, -0.2) is 23.1 Å². The third-order valence-electron chi connectivity index (χ3n) is 6.02. The van der Waals surface area contributed by atoms with Gasteiger partial charge < -0.3 is 0 Å². The smallest absolute Gasteiger partial charge is 0.271 e. The highest BCUT2D eigenvalue weighted by Crippen LogP contribution is 2.36. The van der Waals surface area contributed by atoms with Crippen molar-refractivity contribution in [3.8, 4) is 0 Å². The number of carbonyl (C=O) groups is 1. The molecule has 1 amide bonds. The molecule has 1 aliphatic heterocycles. The highest BCUT2D eigenvalue weighted by Gasteiger charge is 2.31. The van der Waals surface area contributed by atoms with E-state index in [0.29, 0.717) is 12.0 Å². The first-order valence-electron chi connectivity index (χ1n) is 10.2. The van der Waals surface area contributed by atoms with Crippen LogP contribution in [0.15, 0.2) is 59.7 Å². The molecule has 0 saturated carbocycles. The number of nitro benzene ring substituents is 1. The van der Waals surface area contributed by atoms with Crippen LogP contribution in [0.4, 0.5) is 5.69 Å². The first-order chi connectivity index (χ1) is 15.1. The highest BCUT2D eigenvalue weighted by atomic mass is 16.6. The molecule has 156 valence electrons. The van der Waals surface area contributed by atoms with Gasteiger partial charge in [0.15, 0.2) is 0 Å². The predicted molar refractivity (Wildman–Crippen MR) is 118 cm³/mol. The van der Waals surface area contributed by atoms with Crippen LogP contribution in [0.5, 0.6) is 0 Å². The molecular formula is C23H21N5O3. The van der Waals surface area contributed by atoms with E-state index in [1.54, 1.807) is 18.2 Å². The predicted octanol–water partition coefficient (Wildman–Crippen LogP) is 2.90. The van der Waals surface area contributed by atoms with Crippen LogP contribution in [-0.2, 0) is 17.6 Å². The number of hydrogen-bond donors (Lipinski definition) is 3. The number of nitrogens with zero attached hydrogens (tertiary/aromatic N) is 2. The molecule has 31 heavy (non-hydrogen) atoms. The van der Waals surface area contributed by atoms with Crippen molar-refractivity contribution in [3.63, 3.8) is 0 Å². The number of para-hydroxylation sites is 1. The van der Waals surface area contributed by atoms with Gasteiger partial charge in [0, 0.05) is 12.1 Å². The van der Waals surface area contributed by atoms with Crippen molar-refractivity contribution in [1.29, 1.82) is 0 Å².